The maximum Gasteiger partial charge on any atom is 0.0701 e. The van der Waals surface area contributed by atoms with E-state index in [1.165, 1.54) is 28.0 Å². The first kappa shape index (κ1) is 13.5. The summed E-state index contributed by atoms with van der Waals surface area (Å²) < 4.78 is 1.24. The molecule has 2 unspecified atom stereocenters. The monoisotopic (exact) mass is 316 g/mol. The summed E-state index contributed by atoms with van der Waals surface area (Å²) in [5, 5.41) is 3.59. The molecule has 1 aliphatic rings. The topological polar surface area (TPSA) is 15.3 Å². The molecule has 2 nitrogen and oxygen atoms in total. The van der Waals surface area contributed by atoms with Crippen molar-refractivity contribution in [2.24, 2.45) is 0 Å². The van der Waals surface area contributed by atoms with Gasteiger partial charge in [-0.1, -0.05) is 13.3 Å². The van der Waals surface area contributed by atoms with Crippen molar-refractivity contribution in [3.8, 4) is 0 Å². The Bertz CT molecular complexity index is 353. The lowest BCUT2D eigenvalue weighted by atomic mass is 10.1. The van der Waals surface area contributed by atoms with Gasteiger partial charge in [-0.15, -0.1) is 11.3 Å². The van der Waals surface area contributed by atoms with Crippen LogP contribution in [-0.2, 0) is 6.54 Å². The van der Waals surface area contributed by atoms with E-state index in [9.17, 15) is 0 Å². The van der Waals surface area contributed by atoms with Gasteiger partial charge in [-0.05, 0) is 41.4 Å². The Balaban J connectivity index is 1.99. The third-order valence-electron chi connectivity index (χ3n) is 3.34. The zero-order chi connectivity index (χ0) is 12.3. The van der Waals surface area contributed by atoms with Crippen LogP contribution in [0.15, 0.2) is 15.9 Å². The fraction of sp³-hybridized carbons (Fsp3) is 0.692. The Morgan fingerprint density at radius 1 is 1.53 bits per heavy atom. The zero-order valence-electron chi connectivity index (χ0n) is 10.6. The molecule has 0 aromatic carbocycles. The average Bonchev–Trinajstić information content (AvgIpc) is 2.68. The van der Waals surface area contributed by atoms with Crippen LogP contribution in [0.25, 0.3) is 0 Å². The van der Waals surface area contributed by atoms with Crippen LogP contribution >= 0.6 is 27.3 Å². The molecule has 1 fully saturated rings. The number of nitrogens with one attached hydrogen (secondary N) is 1. The van der Waals surface area contributed by atoms with Gasteiger partial charge >= 0.3 is 0 Å². The van der Waals surface area contributed by atoms with Crippen LogP contribution in [0.5, 0.6) is 0 Å². The molecule has 0 spiro atoms. The van der Waals surface area contributed by atoms with Crippen LogP contribution in [0.3, 0.4) is 0 Å². The van der Waals surface area contributed by atoms with Gasteiger partial charge in [-0.2, -0.15) is 0 Å². The van der Waals surface area contributed by atoms with E-state index < -0.39 is 0 Å². The lowest BCUT2D eigenvalue weighted by Gasteiger charge is -2.39. The summed E-state index contributed by atoms with van der Waals surface area (Å²) >= 11 is 5.40. The molecule has 2 atom stereocenters. The highest BCUT2D eigenvalue weighted by Gasteiger charge is 2.25. The molecule has 0 bridgehead atoms. The largest absolute Gasteiger partial charge is 0.311 e. The number of piperazine rings is 1. The van der Waals surface area contributed by atoms with Gasteiger partial charge < -0.3 is 5.32 Å². The van der Waals surface area contributed by atoms with Crippen LogP contribution in [0.1, 0.15) is 31.6 Å². The molecule has 96 valence electrons. The number of nitrogens with zero attached hydrogens (tertiary/aromatic N) is 1. The molecule has 17 heavy (non-hydrogen) atoms. The van der Waals surface area contributed by atoms with E-state index in [0.717, 1.165) is 13.1 Å². The molecule has 0 amide bonds. The minimum Gasteiger partial charge on any atom is -0.311 e. The van der Waals surface area contributed by atoms with Crippen LogP contribution in [0, 0.1) is 0 Å². The summed E-state index contributed by atoms with van der Waals surface area (Å²) in [4.78, 5) is 4.11. The summed E-state index contributed by atoms with van der Waals surface area (Å²) in [5.41, 5.74) is 0. The van der Waals surface area contributed by atoms with Gasteiger partial charge in [0.15, 0.2) is 0 Å². The van der Waals surface area contributed by atoms with Crippen molar-refractivity contribution >= 4 is 27.3 Å². The second kappa shape index (κ2) is 6.32. The normalized spacial score (nSPS) is 26.3. The van der Waals surface area contributed by atoms with Crippen LogP contribution < -0.4 is 5.32 Å². The van der Waals surface area contributed by atoms with Crippen molar-refractivity contribution in [2.75, 3.05) is 13.1 Å². The SMILES string of the molecule is CCCC1CNC(C)CN1Cc1ccc(Br)s1. The molecule has 1 N–H and O–H groups in total. The van der Waals surface area contributed by atoms with Crippen LogP contribution in [0.4, 0.5) is 0 Å². The van der Waals surface area contributed by atoms with E-state index in [4.69, 9.17) is 0 Å². The van der Waals surface area contributed by atoms with Gasteiger partial charge in [0.25, 0.3) is 0 Å². The summed E-state index contributed by atoms with van der Waals surface area (Å²) in [5.74, 6) is 0. The van der Waals surface area contributed by atoms with Crippen molar-refractivity contribution in [1.29, 1.82) is 0 Å². The van der Waals surface area contributed by atoms with E-state index in [1.807, 2.05) is 11.3 Å². The third kappa shape index (κ3) is 3.78. The Kier molecular flexibility index (Phi) is 5.03. The van der Waals surface area contributed by atoms with Gasteiger partial charge in [-0.3, -0.25) is 4.90 Å². The first-order valence-corrected chi connectivity index (χ1v) is 8.01. The first-order valence-electron chi connectivity index (χ1n) is 6.40. The second-order valence-corrected chi connectivity index (χ2v) is 7.43. The lowest BCUT2D eigenvalue weighted by Crippen LogP contribution is -2.54. The predicted molar refractivity (Wildman–Crippen MR) is 78.6 cm³/mol. The Labute approximate surface area is 117 Å². The van der Waals surface area contributed by atoms with Gasteiger partial charge in [0.1, 0.15) is 0 Å². The van der Waals surface area contributed by atoms with Crippen molar-refractivity contribution in [3.63, 3.8) is 0 Å². The molecule has 0 aliphatic carbocycles. The second-order valence-electron chi connectivity index (χ2n) is 4.89. The highest BCUT2D eigenvalue weighted by atomic mass is 79.9. The van der Waals surface area contributed by atoms with Crippen molar-refractivity contribution < 1.29 is 0 Å². The van der Waals surface area contributed by atoms with E-state index in [1.54, 1.807) is 0 Å². The summed E-state index contributed by atoms with van der Waals surface area (Å²) in [7, 11) is 0. The summed E-state index contributed by atoms with van der Waals surface area (Å²) in [6.45, 7) is 7.96. The number of rotatable bonds is 4. The molecule has 2 heterocycles. The minimum absolute atomic E-state index is 0.617. The Hall–Kier alpha value is 0.1000. The quantitative estimate of drug-likeness (QED) is 0.915. The fourth-order valence-electron chi connectivity index (χ4n) is 2.48. The molecule has 0 saturated carbocycles. The van der Waals surface area contributed by atoms with E-state index in [2.05, 4.69) is 52.1 Å². The van der Waals surface area contributed by atoms with Gasteiger partial charge in [0.2, 0.25) is 0 Å². The Morgan fingerprint density at radius 2 is 2.35 bits per heavy atom. The number of hydrogen-bond acceptors (Lipinski definition) is 3. The van der Waals surface area contributed by atoms with Crippen LogP contribution in [-0.4, -0.2) is 30.1 Å². The third-order valence-corrected chi connectivity index (χ3v) is 4.94. The average molecular weight is 317 g/mol. The maximum absolute atomic E-state index is 3.59. The summed E-state index contributed by atoms with van der Waals surface area (Å²) in [6.07, 6.45) is 2.57. The molecule has 4 heteroatoms. The van der Waals surface area contributed by atoms with E-state index >= 15 is 0 Å². The molecule has 0 radical (unpaired) electrons. The Morgan fingerprint density at radius 3 is 3.00 bits per heavy atom. The van der Waals surface area contributed by atoms with E-state index in [0.29, 0.717) is 12.1 Å². The predicted octanol–water partition coefficient (Wildman–Crippen LogP) is 3.47. The highest BCUT2D eigenvalue weighted by Crippen LogP contribution is 2.25. The van der Waals surface area contributed by atoms with Crippen molar-refractivity contribution in [1.82, 2.24) is 10.2 Å². The maximum atomic E-state index is 3.59. The van der Waals surface area contributed by atoms with E-state index in [-0.39, 0.29) is 0 Å². The summed E-state index contributed by atoms with van der Waals surface area (Å²) in [6, 6.07) is 5.72. The fourth-order valence-corrected chi connectivity index (χ4v) is 3.99. The number of hydrogen-bond donors (Lipinski definition) is 1. The minimum atomic E-state index is 0.617. The molecule has 1 aliphatic heterocycles. The van der Waals surface area contributed by atoms with Gasteiger partial charge in [-0.25, -0.2) is 0 Å². The van der Waals surface area contributed by atoms with Gasteiger partial charge in [0.05, 0.1) is 3.79 Å². The lowest BCUT2D eigenvalue weighted by molar-refractivity contribution is 0.121. The smallest absolute Gasteiger partial charge is 0.0701 e. The molecule has 1 aromatic rings. The molecule has 1 saturated heterocycles. The number of halogens is 1. The van der Waals surface area contributed by atoms with Crippen molar-refractivity contribution in [3.05, 3.63) is 20.8 Å². The highest BCUT2D eigenvalue weighted by molar-refractivity contribution is 9.11. The molecule has 2 rings (SSSR count). The van der Waals surface area contributed by atoms with Crippen LogP contribution in [0.2, 0.25) is 0 Å². The zero-order valence-corrected chi connectivity index (χ0v) is 13.0. The van der Waals surface area contributed by atoms with Crippen molar-refractivity contribution in [2.45, 2.75) is 45.3 Å². The molecule has 1 aromatic heterocycles. The van der Waals surface area contributed by atoms with Gasteiger partial charge in [0, 0.05) is 36.6 Å². The first-order chi connectivity index (χ1) is 8.19. The number of thiophene rings is 1. The standard InChI is InChI=1S/C13H21BrN2S/c1-3-4-11-7-15-10(2)8-16(11)9-12-5-6-13(14)17-12/h5-6,10-11,15H,3-4,7-9H2,1-2H3. The molecular formula is C13H21BrN2S. The molecular weight excluding hydrogens is 296 g/mol.